The van der Waals surface area contributed by atoms with Gasteiger partial charge in [-0.15, -0.1) is 0 Å². The van der Waals surface area contributed by atoms with Crippen molar-refractivity contribution in [1.29, 1.82) is 0 Å². The summed E-state index contributed by atoms with van der Waals surface area (Å²) in [4.78, 5) is 10.4. The molecular formula is C23H26O3. The second-order valence-corrected chi connectivity index (χ2v) is 5.53. The lowest BCUT2D eigenvalue weighted by Gasteiger charge is -2.07. The van der Waals surface area contributed by atoms with Crippen molar-refractivity contribution >= 4 is 6.29 Å². The molecule has 0 saturated carbocycles. The van der Waals surface area contributed by atoms with Gasteiger partial charge < -0.3 is 14.6 Å². The minimum Gasteiger partial charge on any atom is -0.493 e. The zero-order chi connectivity index (χ0) is 18.9. The molecular weight excluding hydrogens is 324 g/mol. The lowest BCUT2D eigenvalue weighted by molar-refractivity contribution is -0.107. The number of hydrogen-bond acceptors (Lipinski definition) is 3. The number of benzene rings is 1. The summed E-state index contributed by atoms with van der Waals surface area (Å²) in [5.41, 5.74) is 0.950. The number of aliphatic hydroxyl groups excluding tert-OH is 1. The molecule has 0 saturated heterocycles. The highest BCUT2D eigenvalue weighted by Crippen LogP contribution is 2.12. The lowest BCUT2D eigenvalue weighted by Crippen LogP contribution is -2.09. The molecule has 0 bridgehead atoms. The minimum atomic E-state index is -0.735. The summed E-state index contributed by atoms with van der Waals surface area (Å²) >= 11 is 0. The molecule has 1 aromatic carbocycles. The molecule has 0 spiro atoms. The Bertz CT molecular complexity index is 691. The summed E-state index contributed by atoms with van der Waals surface area (Å²) < 4.78 is 5.55. The number of ether oxygens (including phenoxy) is 1. The van der Waals surface area contributed by atoms with Gasteiger partial charge in [0.1, 0.15) is 18.1 Å². The maximum atomic E-state index is 10.4. The first-order chi connectivity index (χ1) is 12.8. The summed E-state index contributed by atoms with van der Waals surface area (Å²) in [6.07, 6.45) is 11.4. The first-order valence-corrected chi connectivity index (χ1v) is 8.89. The van der Waals surface area contributed by atoms with Crippen LogP contribution in [0.2, 0.25) is 0 Å². The standard InChI is InChI=1S/C23H26O3/c1-2-3-4-5-6-7-8-9-10-11-12-22(25)18-20-26-23-15-13-21(14-16-23)17-19-24/h3-4,9-10,13-16,19,22,25H,2,5-6,17-18,20H2,1H3/b4-3-,10-9-/t22-/m1/s1. The van der Waals surface area contributed by atoms with Crippen molar-refractivity contribution in [3.8, 4) is 29.4 Å². The molecule has 0 radical (unpaired) electrons. The van der Waals surface area contributed by atoms with Crippen LogP contribution in [0.3, 0.4) is 0 Å². The Morgan fingerprint density at radius 3 is 2.65 bits per heavy atom. The molecule has 0 unspecified atom stereocenters. The highest BCUT2D eigenvalue weighted by Gasteiger charge is 2.00. The van der Waals surface area contributed by atoms with E-state index in [0.29, 0.717) is 25.2 Å². The van der Waals surface area contributed by atoms with Crippen LogP contribution in [-0.4, -0.2) is 24.1 Å². The van der Waals surface area contributed by atoms with Gasteiger partial charge in [0.2, 0.25) is 0 Å². The molecule has 1 N–H and O–H groups in total. The van der Waals surface area contributed by atoms with Crippen LogP contribution in [0.15, 0.2) is 48.6 Å². The SMILES string of the molecule is CC/C=C\CCC#C/C=C\C#C[C@@H](O)CCOc1ccc(CC=O)cc1. The molecule has 0 heterocycles. The maximum Gasteiger partial charge on any atom is 0.124 e. The third-order valence-corrected chi connectivity index (χ3v) is 3.34. The average molecular weight is 350 g/mol. The van der Waals surface area contributed by atoms with E-state index in [2.05, 4.69) is 42.8 Å². The van der Waals surface area contributed by atoms with Gasteiger partial charge in [-0.1, -0.05) is 54.9 Å². The number of rotatable bonds is 9. The molecule has 136 valence electrons. The van der Waals surface area contributed by atoms with Crippen LogP contribution in [-0.2, 0) is 11.2 Å². The monoisotopic (exact) mass is 350 g/mol. The number of allylic oxidation sites excluding steroid dienone is 4. The summed E-state index contributed by atoms with van der Waals surface area (Å²) in [6.45, 7) is 2.48. The van der Waals surface area contributed by atoms with Crippen LogP contribution < -0.4 is 4.74 Å². The Hall–Kier alpha value is -2.75. The normalized spacial score (nSPS) is 11.5. The number of aldehydes is 1. The van der Waals surface area contributed by atoms with Gasteiger partial charge in [-0.3, -0.25) is 0 Å². The highest BCUT2D eigenvalue weighted by molar-refractivity contribution is 5.55. The third-order valence-electron chi connectivity index (χ3n) is 3.34. The fourth-order valence-electron chi connectivity index (χ4n) is 1.98. The summed E-state index contributed by atoms with van der Waals surface area (Å²) in [7, 11) is 0. The van der Waals surface area contributed by atoms with E-state index >= 15 is 0 Å². The molecule has 0 aromatic heterocycles. The van der Waals surface area contributed by atoms with Crippen LogP contribution in [0.25, 0.3) is 0 Å². The zero-order valence-corrected chi connectivity index (χ0v) is 15.3. The quantitative estimate of drug-likeness (QED) is 0.318. The van der Waals surface area contributed by atoms with E-state index in [0.717, 1.165) is 31.1 Å². The van der Waals surface area contributed by atoms with Crippen molar-refractivity contribution < 1.29 is 14.6 Å². The minimum absolute atomic E-state index is 0.373. The Kier molecular flexibility index (Phi) is 11.9. The molecule has 1 atom stereocenters. The number of aliphatic hydroxyl groups is 1. The molecule has 1 rings (SSSR count). The Morgan fingerprint density at radius 2 is 1.92 bits per heavy atom. The van der Waals surface area contributed by atoms with Gasteiger partial charge in [0.05, 0.1) is 6.61 Å². The third kappa shape index (κ3) is 10.9. The summed E-state index contributed by atoms with van der Waals surface area (Å²) in [5.74, 6) is 12.2. The van der Waals surface area contributed by atoms with Gasteiger partial charge in [0.25, 0.3) is 0 Å². The van der Waals surface area contributed by atoms with Crippen molar-refractivity contribution in [1.82, 2.24) is 0 Å². The van der Waals surface area contributed by atoms with Crippen molar-refractivity contribution in [2.24, 2.45) is 0 Å². The highest BCUT2D eigenvalue weighted by atomic mass is 16.5. The van der Waals surface area contributed by atoms with Crippen LogP contribution in [0.4, 0.5) is 0 Å². The fourth-order valence-corrected chi connectivity index (χ4v) is 1.98. The topological polar surface area (TPSA) is 46.5 Å². The maximum absolute atomic E-state index is 10.4. The predicted octanol–water partition coefficient (Wildman–Crippen LogP) is 3.87. The number of carbonyl (C=O) groups excluding carboxylic acids is 1. The first-order valence-electron chi connectivity index (χ1n) is 8.89. The van der Waals surface area contributed by atoms with Gasteiger partial charge in [-0.05, 0) is 42.7 Å². The molecule has 0 aliphatic rings. The van der Waals surface area contributed by atoms with Crippen LogP contribution >= 0.6 is 0 Å². The van der Waals surface area contributed by atoms with Crippen molar-refractivity contribution in [3.63, 3.8) is 0 Å². The van der Waals surface area contributed by atoms with Crippen molar-refractivity contribution in [2.45, 2.75) is 45.1 Å². The number of unbranched alkanes of at least 4 members (excludes halogenated alkanes) is 1. The second kappa shape index (κ2) is 14.6. The Morgan fingerprint density at radius 1 is 1.15 bits per heavy atom. The van der Waals surface area contributed by atoms with E-state index in [1.165, 1.54) is 0 Å². The first kappa shape index (κ1) is 21.3. The summed E-state index contributed by atoms with van der Waals surface area (Å²) in [6, 6.07) is 7.34. The van der Waals surface area contributed by atoms with Crippen LogP contribution in [0, 0.1) is 23.7 Å². The largest absolute Gasteiger partial charge is 0.493 e. The van der Waals surface area contributed by atoms with Gasteiger partial charge >= 0.3 is 0 Å². The van der Waals surface area contributed by atoms with Gasteiger partial charge in [-0.2, -0.15) is 0 Å². The van der Waals surface area contributed by atoms with Gasteiger partial charge in [-0.25, -0.2) is 0 Å². The molecule has 0 aliphatic heterocycles. The lowest BCUT2D eigenvalue weighted by atomic mass is 10.2. The molecule has 0 aliphatic carbocycles. The zero-order valence-electron chi connectivity index (χ0n) is 15.3. The molecule has 1 aromatic rings. The van der Waals surface area contributed by atoms with Crippen LogP contribution in [0.1, 0.15) is 38.2 Å². The Labute approximate surface area is 156 Å². The molecule has 0 amide bonds. The Balaban J connectivity index is 2.22. The molecule has 26 heavy (non-hydrogen) atoms. The number of carbonyl (C=O) groups is 1. The average Bonchev–Trinajstić information content (AvgIpc) is 2.65. The summed E-state index contributed by atoms with van der Waals surface area (Å²) in [5, 5.41) is 9.79. The van der Waals surface area contributed by atoms with Crippen molar-refractivity contribution in [2.75, 3.05) is 6.61 Å². The smallest absolute Gasteiger partial charge is 0.124 e. The van der Waals surface area contributed by atoms with Crippen molar-refractivity contribution in [3.05, 3.63) is 54.1 Å². The van der Waals surface area contributed by atoms with E-state index in [1.54, 1.807) is 12.2 Å². The second-order valence-electron chi connectivity index (χ2n) is 5.53. The van der Waals surface area contributed by atoms with Gasteiger partial charge in [0, 0.05) is 19.3 Å². The predicted molar refractivity (Wildman–Crippen MR) is 106 cm³/mol. The molecule has 3 nitrogen and oxygen atoms in total. The van der Waals surface area contributed by atoms with E-state index in [9.17, 15) is 9.90 Å². The molecule has 0 fully saturated rings. The van der Waals surface area contributed by atoms with E-state index < -0.39 is 6.10 Å². The number of hydrogen-bond donors (Lipinski definition) is 1. The van der Waals surface area contributed by atoms with Crippen LogP contribution in [0.5, 0.6) is 5.75 Å². The molecule has 3 heteroatoms. The van der Waals surface area contributed by atoms with E-state index in [1.807, 2.05) is 24.3 Å². The van der Waals surface area contributed by atoms with Gasteiger partial charge in [0.15, 0.2) is 0 Å². The fraction of sp³-hybridized carbons (Fsp3) is 0.348. The van der Waals surface area contributed by atoms with E-state index in [4.69, 9.17) is 4.74 Å². The van der Waals surface area contributed by atoms with E-state index in [-0.39, 0.29) is 0 Å².